The zero-order chi connectivity index (χ0) is 18.9. The predicted octanol–water partition coefficient (Wildman–Crippen LogP) is 4.55. The van der Waals surface area contributed by atoms with Gasteiger partial charge in [-0.2, -0.15) is 5.10 Å². The van der Waals surface area contributed by atoms with Crippen LogP contribution in [0, 0.1) is 0 Å². The van der Waals surface area contributed by atoms with Crippen LogP contribution in [0.25, 0.3) is 11.3 Å². The summed E-state index contributed by atoms with van der Waals surface area (Å²) in [4.78, 5) is 6.56. The van der Waals surface area contributed by atoms with Crippen molar-refractivity contribution in [2.45, 2.75) is 52.0 Å². The highest BCUT2D eigenvalue weighted by atomic mass is 79.9. The molecule has 0 bridgehead atoms. The summed E-state index contributed by atoms with van der Waals surface area (Å²) in [6, 6.07) is 4.01. The Labute approximate surface area is 166 Å². The fourth-order valence-electron chi connectivity index (χ4n) is 2.87. The van der Waals surface area contributed by atoms with Crippen molar-refractivity contribution in [3.8, 4) is 11.3 Å². The van der Waals surface area contributed by atoms with E-state index in [1.165, 1.54) is 5.69 Å². The molecule has 0 aromatic carbocycles. The molecule has 0 fully saturated rings. The quantitative estimate of drug-likeness (QED) is 0.644. The largest absolute Gasteiger partial charge is 0.416 e. The lowest BCUT2D eigenvalue weighted by Crippen LogP contribution is -2.43. The van der Waals surface area contributed by atoms with Gasteiger partial charge in [0.05, 0.1) is 16.7 Å². The third-order valence-corrected chi connectivity index (χ3v) is 11.0. The second-order valence-electron chi connectivity index (χ2n) is 8.45. The summed E-state index contributed by atoms with van der Waals surface area (Å²) in [6.45, 7) is 16.1. The molecule has 0 saturated carbocycles. The zero-order valence-corrected chi connectivity index (χ0v) is 19.0. The van der Waals surface area contributed by atoms with Gasteiger partial charge in [-0.3, -0.25) is 14.6 Å². The highest BCUT2D eigenvalue weighted by Gasteiger charge is 2.37. The number of hydrogen-bond acceptors (Lipinski definition) is 4. The third-order valence-electron chi connectivity index (χ3n) is 5.63. The van der Waals surface area contributed by atoms with Crippen LogP contribution >= 0.6 is 15.9 Å². The van der Waals surface area contributed by atoms with Crippen molar-refractivity contribution >= 4 is 24.2 Å². The van der Waals surface area contributed by atoms with Crippen LogP contribution in [-0.4, -0.2) is 47.7 Å². The lowest BCUT2D eigenvalue weighted by Gasteiger charge is -2.37. The number of fused-ring (bicyclic) bond motifs is 1. The summed E-state index contributed by atoms with van der Waals surface area (Å²) < 4.78 is 9.57. The summed E-state index contributed by atoms with van der Waals surface area (Å²) in [5, 5.41) is 5.06. The first kappa shape index (κ1) is 19.7. The number of aromatic nitrogens is 3. The lowest BCUT2D eigenvalue weighted by atomic mass is 10.2. The van der Waals surface area contributed by atoms with Gasteiger partial charge >= 0.3 is 0 Å². The van der Waals surface area contributed by atoms with Crippen LogP contribution in [0.15, 0.2) is 29.0 Å². The minimum absolute atomic E-state index is 0.260. The molecule has 7 heteroatoms. The molecule has 3 heterocycles. The molecule has 0 aliphatic carbocycles. The Hall–Kier alpha value is -1.02. The van der Waals surface area contributed by atoms with Gasteiger partial charge in [0.15, 0.2) is 8.32 Å². The van der Waals surface area contributed by atoms with Gasteiger partial charge in [-0.05, 0) is 46.2 Å². The minimum Gasteiger partial charge on any atom is -0.416 e. The Kier molecular flexibility index (Phi) is 5.72. The molecule has 0 unspecified atom stereocenters. The highest BCUT2D eigenvalue weighted by molar-refractivity contribution is 9.10. The molecule has 2 aromatic rings. The van der Waals surface area contributed by atoms with Crippen molar-refractivity contribution in [2.75, 3.05) is 19.7 Å². The van der Waals surface area contributed by atoms with E-state index in [4.69, 9.17) is 9.52 Å². The molecule has 0 spiro atoms. The van der Waals surface area contributed by atoms with Crippen LogP contribution in [0.3, 0.4) is 0 Å². The summed E-state index contributed by atoms with van der Waals surface area (Å²) >= 11 is 3.77. The molecule has 0 amide bonds. The van der Waals surface area contributed by atoms with E-state index < -0.39 is 8.32 Å². The summed E-state index contributed by atoms with van der Waals surface area (Å²) in [5.41, 5.74) is 3.35. The van der Waals surface area contributed by atoms with E-state index in [0.29, 0.717) is 0 Å². The van der Waals surface area contributed by atoms with Gasteiger partial charge in [0, 0.05) is 44.2 Å². The van der Waals surface area contributed by atoms with Gasteiger partial charge in [-0.15, -0.1) is 0 Å². The average Bonchev–Trinajstić information content (AvgIpc) is 2.91. The molecule has 1 aliphatic rings. The van der Waals surface area contributed by atoms with Gasteiger partial charge in [-0.1, -0.05) is 20.8 Å². The minimum atomic E-state index is -1.67. The molecular weight excluding hydrogens is 408 g/mol. The normalized spacial score (nSPS) is 15.9. The van der Waals surface area contributed by atoms with Crippen LogP contribution < -0.4 is 0 Å². The van der Waals surface area contributed by atoms with E-state index in [1.54, 1.807) is 0 Å². The van der Waals surface area contributed by atoms with E-state index in [2.05, 4.69) is 64.4 Å². The maximum Gasteiger partial charge on any atom is 0.192 e. The molecule has 0 radical (unpaired) electrons. The van der Waals surface area contributed by atoms with E-state index in [9.17, 15) is 0 Å². The van der Waals surface area contributed by atoms with E-state index in [1.807, 2.05) is 24.5 Å². The van der Waals surface area contributed by atoms with Gasteiger partial charge in [0.1, 0.15) is 5.69 Å². The molecule has 0 saturated heterocycles. The van der Waals surface area contributed by atoms with E-state index in [-0.39, 0.29) is 5.04 Å². The Balaban J connectivity index is 1.64. The summed E-state index contributed by atoms with van der Waals surface area (Å²) in [5.74, 6) is 0. The van der Waals surface area contributed by atoms with Gasteiger partial charge in [-0.25, -0.2) is 0 Å². The molecular formula is C19H29BrN4OSi. The van der Waals surface area contributed by atoms with Crippen molar-refractivity contribution in [3.05, 3.63) is 34.7 Å². The number of hydrogen-bond donors (Lipinski definition) is 0. The SMILES string of the molecule is CC(C)(C)[Si](C)(C)OCCN1CCn2nc(-c3ccncc3)c(Br)c2C1. The van der Waals surface area contributed by atoms with Crippen molar-refractivity contribution in [2.24, 2.45) is 0 Å². The first-order chi connectivity index (χ1) is 12.2. The van der Waals surface area contributed by atoms with E-state index in [0.717, 1.165) is 48.5 Å². The fourth-order valence-corrected chi connectivity index (χ4v) is 4.54. The lowest BCUT2D eigenvalue weighted by molar-refractivity contribution is 0.165. The highest BCUT2D eigenvalue weighted by Crippen LogP contribution is 2.36. The average molecular weight is 437 g/mol. The first-order valence-electron chi connectivity index (χ1n) is 9.21. The standard InChI is InChI=1S/C19H29BrN4OSi/c1-19(2,3)26(4,5)25-13-12-23-10-11-24-16(14-23)17(20)18(22-24)15-6-8-21-9-7-15/h6-9H,10-14H2,1-5H3. The van der Waals surface area contributed by atoms with Crippen LogP contribution in [0.2, 0.25) is 18.1 Å². The first-order valence-corrected chi connectivity index (χ1v) is 12.9. The number of halogens is 1. The Morgan fingerprint density at radius 2 is 1.88 bits per heavy atom. The van der Waals surface area contributed by atoms with Crippen LogP contribution in [-0.2, 0) is 17.5 Å². The monoisotopic (exact) mass is 436 g/mol. The Morgan fingerprint density at radius 1 is 1.19 bits per heavy atom. The van der Waals surface area contributed by atoms with Crippen molar-refractivity contribution in [3.63, 3.8) is 0 Å². The second-order valence-corrected chi connectivity index (χ2v) is 14.1. The van der Waals surface area contributed by atoms with Crippen LogP contribution in [0.4, 0.5) is 0 Å². The van der Waals surface area contributed by atoms with Crippen molar-refractivity contribution < 1.29 is 4.43 Å². The van der Waals surface area contributed by atoms with Gasteiger partial charge in [0.25, 0.3) is 0 Å². The van der Waals surface area contributed by atoms with E-state index >= 15 is 0 Å². The number of nitrogens with zero attached hydrogens (tertiary/aromatic N) is 4. The Morgan fingerprint density at radius 3 is 2.54 bits per heavy atom. The Bertz CT molecular complexity index is 755. The van der Waals surface area contributed by atoms with Crippen molar-refractivity contribution in [1.29, 1.82) is 0 Å². The molecule has 2 aromatic heterocycles. The predicted molar refractivity (Wildman–Crippen MR) is 112 cm³/mol. The summed E-state index contributed by atoms with van der Waals surface area (Å²) in [7, 11) is -1.67. The number of pyridine rings is 1. The molecule has 3 rings (SSSR count). The van der Waals surface area contributed by atoms with Crippen LogP contribution in [0.1, 0.15) is 26.5 Å². The molecule has 0 N–H and O–H groups in total. The fraction of sp³-hybridized carbons (Fsp3) is 0.579. The molecule has 142 valence electrons. The third kappa shape index (κ3) is 4.11. The molecule has 1 aliphatic heterocycles. The second kappa shape index (κ2) is 7.54. The van der Waals surface area contributed by atoms with Crippen molar-refractivity contribution in [1.82, 2.24) is 19.7 Å². The van der Waals surface area contributed by atoms with Crippen LogP contribution in [0.5, 0.6) is 0 Å². The maximum absolute atomic E-state index is 6.35. The van der Waals surface area contributed by atoms with Gasteiger partial charge in [0.2, 0.25) is 0 Å². The molecule has 0 atom stereocenters. The van der Waals surface area contributed by atoms with Gasteiger partial charge < -0.3 is 4.43 Å². The maximum atomic E-state index is 6.35. The topological polar surface area (TPSA) is 43.2 Å². The zero-order valence-electron chi connectivity index (χ0n) is 16.4. The summed E-state index contributed by atoms with van der Waals surface area (Å²) in [6.07, 6.45) is 3.62. The number of rotatable bonds is 5. The molecule has 26 heavy (non-hydrogen) atoms. The smallest absolute Gasteiger partial charge is 0.192 e. The molecule has 5 nitrogen and oxygen atoms in total.